The minimum atomic E-state index is -0.539. The normalized spacial score (nSPS) is 11.2. The van der Waals surface area contributed by atoms with E-state index >= 15 is 0 Å². The van der Waals surface area contributed by atoms with E-state index < -0.39 is 11.9 Å². The van der Waals surface area contributed by atoms with Crippen molar-refractivity contribution in [1.82, 2.24) is 10.4 Å². The van der Waals surface area contributed by atoms with Gasteiger partial charge in [-0.1, -0.05) is 86.6 Å². The quantitative estimate of drug-likeness (QED) is 0.0830. The van der Waals surface area contributed by atoms with Crippen LogP contribution in [0.1, 0.15) is 32.0 Å². The van der Waals surface area contributed by atoms with Gasteiger partial charge in [-0.05, 0) is 55.5 Å². The van der Waals surface area contributed by atoms with Crippen LogP contribution in [0.2, 0.25) is 15.1 Å². The number of rotatable bonds is 6. The number of amides is 1. The maximum Gasteiger partial charge on any atom is 0.343 e. The van der Waals surface area contributed by atoms with Gasteiger partial charge in [0.15, 0.2) is 0 Å². The van der Waals surface area contributed by atoms with Crippen LogP contribution >= 0.6 is 50.7 Å². The fourth-order valence-electron chi connectivity index (χ4n) is 4.11. The third kappa shape index (κ3) is 5.93. The van der Waals surface area contributed by atoms with E-state index in [1.807, 2.05) is 25.1 Å². The minimum absolute atomic E-state index is 0.199. The molecule has 5 rings (SSSR count). The molecule has 0 fully saturated rings. The number of hydrogen-bond donors (Lipinski definition) is 2. The molecule has 0 radical (unpaired) electrons. The monoisotopic (exact) mass is 653 g/mol. The number of nitrogens with zero attached hydrogens (tertiary/aromatic N) is 1. The lowest BCUT2D eigenvalue weighted by molar-refractivity contribution is 0.0734. The topological polar surface area (TPSA) is 83.5 Å². The van der Waals surface area contributed by atoms with Gasteiger partial charge in [0.05, 0.1) is 22.3 Å². The van der Waals surface area contributed by atoms with E-state index in [0.717, 1.165) is 10.0 Å². The summed E-state index contributed by atoms with van der Waals surface area (Å²) in [5.41, 5.74) is 6.33. The number of esters is 1. The van der Waals surface area contributed by atoms with Gasteiger partial charge >= 0.3 is 5.97 Å². The van der Waals surface area contributed by atoms with Crippen LogP contribution in [0.5, 0.6) is 5.75 Å². The molecule has 0 atom stereocenters. The Morgan fingerprint density at radius 1 is 0.950 bits per heavy atom. The van der Waals surface area contributed by atoms with Crippen molar-refractivity contribution in [1.29, 1.82) is 0 Å². The van der Waals surface area contributed by atoms with Crippen molar-refractivity contribution >= 4 is 79.7 Å². The van der Waals surface area contributed by atoms with Crippen LogP contribution < -0.4 is 10.2 Å². The molecule has 0 aliphatic heterocycles. The van der Waals surface area contributed by atoms with Crippen molar-refractivity contribution < 1.29 is 14.3 Å². The number of aromatic nitrogens is 1. The predicted octanol–water partition coefficient (Wildman–Crippen LogP) is 8.85. The first-order valence-electron chi connectivity index (χ1n) is 11.9. The van der Waals surface area contributed by atoms with Crippen molar-refractivity contribution in [2.75, 3.05) is 0 Å². The molecule has 5 aromatic rings. The third-order valence-corrected chi connectivity index (χ3v) is 7.37. The van der Waals surface area contributed by atoms with Gasteiger partial charge in [0.25, 0.3) is 5.91 Å². The van der Waals surface area contributed by atoms with Gasteiger partial charge in [-0.25, -0.2) is 10.2 Å². The standard InChI is InChI=1S/C30H19BrCl3N3O3/c1-16-6-8-17(9-7-16)30(39)40-25-11-10-19(31)12-18(25)15-35-37-29(38)28-26(21-4-2-3-5-23(21)33)22-13-20(32)14-24(34)27(22)36-28/h2-15,36H,1H3,(H,37,38). The number of nitrogens with one attached hydrogen (secondary N) is 2. The maximum absolute atomic E-state index is 13.4. The third-order valence-electron chi connectivity index (χ3n) is 6.03. The second-order valence-electron chi connectivity index (χ2n) is 8.80. The van der Waals surface area contributed by atoms with E-state index in [9.17, 15) is 9.59 Å². The fourth-order valence-corrected chi connectivity index (χ4v) is 5.26. The Bertz CT molecular complexity index is 1800. The van der Waals surface area contributed by atoms with Crippen molar-refractivity contribution in [2.24, 2.45) is 5.10 Å². The highest BCUT2D eigenvalue weighted by molar-refractivity contribution is 9.10. The number of benzene rings is 4. The summed E-state index contributed by atoms with van der Waals surface area (Å²) in [4.78, 5) is 29.2. The van der Waals surface area contributed by atoms with Gasteiger partial charge in [0.1, 0.15) is 11.4 Å². The van der Waals surface area contributed by atoms with Crippen molar-refractivity contribution in [2.45, 2.75) is 6.92 Å². The van der Waals surface area contributed by atoms with E-state index in [1.165, 1.54) is 6.21 Å². The molecule has 1 aromatic heterocycles. The lowest BCUT2D eigenvalue weighted by Crippen LogP contribution is -2.19. The average Bonchev–Trinajstić information content (AvgIpc) is 3.30. The van der Waals surface area contributed by atoms with Crippen molar-refractivity contribution in [3.63, 3.8) is 0 Å². The largest absolute Gasteiger partial charge is 0.422 e. The van der Waals surface area contributed by atoms with Crippen LogP contribution in [0.25, 0.3) is 22.0 Å². The minimum Gasteiger partial charge on any atom is -0.422 e. The Morgan fingerprint density at radius 2 is 1.70 bits per heavy atom. The Labute approximate surface area is 253 Å². The molecule has 0 bridgehead atoms. The molecule has 40 heavy (non-hydrogen) atoms. The first kappa shape index (κ1) is 27.9. The van der Waals surface area contributed by atoms with E-state index in [1.54, 1.807) is 60.7 Å². The zero-order chi connectivity index (χ0) is 28.4. The SMILES string of the molecule is Cc1ccc(C(=O)Oc2ccc(Br)cc2C=NNC(=O)c2[nH]c3c(Cl)cc(Cl)cc3c2-c2ccccc2Cl)cc1. The molecule has 6 nitrogen and oxygen atoms in total. The van der Waals surface area contributed by atoms with Crippen LogP contribution in [0.3, 0.4) is 0 Å². The van der Waals surface area contributed by atoms with Gasteiger partial charge in [-0.3, -0.25) is 4.79 Å². The number of aryl methyl sites for hydroxylation is 1. The lowest BCUT2D eigenvalue weighted by atomic mass is 10.0. The lowest BCUT2D eigenvalue weighted by Gasteiger charge is -2.09. The summed E-state index contributed by atoms with van der Waals surface area (Å²) in [6.45, 7) is 1.93. The summed E-state index contributed by atoms with van der Waals surface area (Å²) >= 11 is 22.6. The average molecular weight is 656 g/mol. The Kier molecular flexibility index (Phi) is 8.28. The highest BCUT2D eigenvalue weighted by atomic mass is 79.9. The van der Waals surface area contributed by atoms with Crippen LogP contribution in [-0.4, -0.2) is 23.1 Å². The van der Waals surface area contributed by atoms with E-state index in [-0.39, 0.29) is 11.4 Å². The van der Waals surface area contributed by atoms with Crippen molar-refractivity contribution in [3.05, 3.63) is 121 Å². The summed E-state index contributed by atoms with van der Waals surface area (Å²) in [5, 5.41) is 5.98. The van der Waals surface area contributed by atoms with Gasteiger partial charge in [-0.15, -0.1) is 0 Å². The molecule has 1 amide bonds. The summed E-state index contributed by atoms with van der Waals surface area (Å²) < 4.78 is 6.35. The first-order valence-corrected chi connectivity index (χ1v) is 13.8. The number of carbonyl (C=O) groups excluding carboxylic acids is 2. The number of H-pyrrole nitrogens is 1. The highest BCUT2D eigenvalue weighted by Gasteiger charge is 2.22. The number of aromatic amines is 1. The zero-order valence-corrected chi connectivity index (χ0v) is 24.6. The van der Waals surface area contributed by atoms with E-state index in [0.29, 0.717) is 48.2 Å². The summed E-state index contributed by atoms with van der Waals surface area (Å²) in [7, 11) is 0. The van der Waals surface area contributed by atoms with Gasteiger partial charge in [-0.2, -0.15) is 5.10 Å². The Balaban J connectivity index is 1.45. The first-order chi connectivity index (χ1) is 19.2. The van der Waals surface area contributed by atoms with Crippen LogP contribution in [-0.2, 0) is 0 Å². The molecule has 0 aliphatic carbocycles. The fraction of sp³-hybridized carbons (Fsp3) is 0.0333. The maximum atomic E-state index is 13.4. The number of ether oxygens (including phenoxy) is 1. The summed E-state index contributed by atoms with van der Waals surface area (Å²) in [6.07, 6.45) is 1.39. The smallest absolute Gasteiger partial charge is 0.343 e. The van der Waals surface area contributed by atoms with Crippen LogP contribution in [0.4, 0.5) is 0 Å². The molecule has 0 spiro atoms. The highest BCUT2D eigenvalue weighted by Crippen LogP contribution is 2.40. The number of fused-ring (bicyclic) bond motifs is 1. The molecule has 4 aromatic carbocycles. The number of halogens is 4. The van der Waals surface area contributed by atoms with Gasteiger partial charge in [0, 0.05) is 36.6 Å². The number of hydrazone groups is 1. The summed E-state index contributed by atoms with van der Waals surface area (Å²) in [6, 6.07) is 22.6. The van der Waals surface area contributed by atoms with E-state index in [4.69, 9.17) is 39.5 Å². The molecule has 0 aliphatic rings. The van der Waals surface area contributed by atoms with Gasteiger partial charge in [0.2, 0.25) is 0 Å². The molecule has 0 saturated heterocycles. The molecule has 2 N–H and O–H groups in total. The number of hydrogen-bond acceptors (Lipinski definition) is 4. The van der Waals surface area contributed by atoms with Crippen LogP contribution in [0, 0.1) is 6.92 Å². The Morgan fingerprint density at radius 3 is 2.45 bits per heavy atom. The van der Waals surface area contributed by atoms with E-state index in [2.05, 4.69) is 31.4 Å². The van der Waals surface area contributed by atoms with Crippen molar-refractivity contribution in [3.8, 4) is 16.9 Å². The molecular formula is C30H19BrCl3N3O3. The predicted molar refractivity (Wildman–Crippen MR) is 164 cm³/mol. The summed E-state index contributed by atoms with van der Waals surface area (Å²) in [5.74, 6) is -0.780. The molecule has 0 unspecified atom stereocenters. The second-order valence-corrected chi connectivity index (χ2v) is 11.0. The Hall–Kier alpha value is -3.62. The molecule has 200 valence electrons. The molecule has 0 saturated carbocycles. The number of carbonyl (C=O) groups is 2. The molecular weight excluding hydrogens is 637 g/mol. The van der Waals surface area contributed by atoms with Crippen LogP contribution in [0.15, 0.2) is 88.4 Å². The van der Waals surface area contributed by atoms with Gasteiger partial charge < -0.3 is 9.72 Å². The zero-order valence-electron chi connectivity index (χ0n) is 20.8. The molecule has 1 heterocycles. The second kappa shape index (κ2) is 11.9. The molecule has 10 heteroatoms.